The number of carbonyl (C=O) groups is 3. The van der Waals surface area contributed by atoms with Gasteiger partial charge in [-0.1, -0.05) is 0 Å². The zero-order chi connectivity index (χ0) is 28.3. The summed E-state index contributed by atoms with van der Waals surface area (Å²) >= 11 is 1.27. The molecule has 1 saturated heterocycles. The first kappa shape index (κ1) is 28.8. The average molecular weight is 569 g/mol. The Kier molecular flexibility index (Phi) is 10.3. The van der Waals surface area contributed by atoms with Crippen molar-refractivity contribution in [3.8, 4) is 11.5 Å². The fourth-order valence-corrected chi connectivity index (χ4v) is 4.49. The number of hydrogen-bond donors (Lipinski definition) is 4. The van der Waals surface area contributed by atoms with E-state index in [1.807, 2.05) is 11.9 Å². The molecule has 0 saturated carbocycles. The largest absolute Gasteiger partial charge is 0.508 e. The number of rotatable bonds is 11. The number of piperazine rings is 1. The van der Waals surface area contributed by atoms with Gasteiger partial charge < -0.3 is 35.0 Å². The van der Waals surface area contributed by atoms with E-state index in [-0.39, 0.29) is 43.8 Å². The van der Waals surface area contributed by atoms with Crippen molar-refractivity contribution in [1.29, 1.82) is 0 Å². The first-order chi connectivity index (χ1) is 19.3. The molecule has 2 aromatic carbocycles. The van der Waals surface area contributed by atoms with Crippen LogP contribution in [0.15, 0.2) is 53.9 Å². The van der Waals surface area contributed by atoms with Crippen LogP contribution < -0.4 is 20.7 Å². The van der Waals surface area contributed by atoms with Gasteiger partial charge in [0.1, 0.15) is 24.7 Å². The number of aromatic nitrogens is 1. The van der Waals surface area contributed by atoms with Gasteiger partial charge in [-0.15, -0.1) is 11.3 Å². The molecule has 0 spiro atoms. The zero-order valence-electron chi connectivity index (χ0n) is 22.1. The number of anilines is 3. The third-order valence-corrected chi connectivity index (χ3v) is 6.76. The first-order valence-electron chi connectivity index (χ1n) is 12.7. The van der Waals surface area contributed by atoms with Crippen molar-refractivity contribution in [2.45, 2.75) is 6.42 Å². The van der Waals surface area contributed by atoms with Crippen LogP contribution in [0.3, 0.4) is 0 Å². The topological polar surface area (TPSA) is 145 Å². The van der Waals surface area contributed by atoms with Crippen molar-refractivity contribution in [2.24, 2.45) is 0 Å². The van der Waals surface area contributed by atoms with Gasteiger partial charge in [-0.05, 0) is 55.6 Å². The molecule has 4 N–H and O–H groups in total. The van der Waals surface area contributed by atoms with Crippen LogP contribution in [0.5, 0.6) is 11.5 Å². The van der Waals surface area contributed by atoms with E-state index in [0.717, 1.165) is 13.1 Å². The van der Waals surface area contributed by atoms with Gasteiger partial charge in [0.15, 0.2) is 5.13 Å². The maximum atomic E-state index is 12.5. The third-order valence-electron chi connectivity index (χ3n) is 5.95. The van der Waals surface area contributed by atoms with Crippen LogP contribution >= 0.6 is 11.3 Å². The van der Waals surface area contributed by atoms with Crippen molar-refractivity contribution in [3.05, 3.63) is 59.6 Å². The monoisotopic (exact) mass is 568 g/mol. The highest BCUT2D eigenvalue weighted by atomic mass is 32.1. The summed E-state index contributed by atoms with van der Waals surface area (Å²) in [6.07, 6.45) is 0.211. The number of ether oxygens (including phenoxy) is 2. The van der Waals surface area contributed by atoms with Crippen molar-refractivity contribution >= 4 is 45.7 Å². The van der Waals surface area contributed by atoms with Gasteiger partial charge >= 0.3 is 6.03 Å². The van der Waals surface area contributed by atoms with Crippen LogP contribution in [0.2, 0.25) is 0 Å². The van der Waals surface area contributed by atoms with Crippen LogP contribution in [-0.4, -0.2) is 90.8 Å². The van der Waals surface area contributed by atoms with Crippen LogP contribution in [0.1, 0.15) is 5.69 Å². The summed E-state index contributed by atoms with van der Waals surface area (Å²) in [5.74, 6) is 0.430. The predicted molar refractivity (Wildman–Crippen MR) is 152 cm³/mol. The number of phenols is 1. The number of carbonyl (C=O) groups excluding carboxylic acids is 3. The van der Waals surface area contributed by atoms with Gasteiger partial charge in [-0.2, -0.15) is 0 Å². The van der Waals surface area contributed by atoms with Crippen molar-refractivity contribution in [3.63, 3.8) is 0 Å². The Hall–Kier alpha value is -4.20. The maximum absolute atomic E-state index is 12.5. The number of aromatic hydroxyl groups is 1. The van der Waals surface area contributed by atoms with Crippen LogP contribution in [-0.2, 0) is 20.7 Å². The van der Waals surface area contributed by atoms with Crippen LogP contribution in [0.4, 0.5) is 21.3 Å². The minimum Gasteiger partial charge on any atom is -0.508 e. The highest BCUT2D eigenvalue weighted by molar-refractivity contribution is 7.14. The summed E-state index contributed by atoms with van der Waals surface area (Å²) in [6, 6.07) is 12.5. The fraction of sp³-hybridized carbons (Fsp3) is 0.333. The van der Waals surface area contributed by atoms with E-state index in [0.29, 0.717) is 41.0 Å². The van der Waals surface area contributed by atoms with Gasteiger partial charge in [0.2, 0.25) is 11.8 Å². The molecule has 0 unspecified atom stereocenters. The maximum Gasteiger partial charge on any atom is 0.325 e. The standard InChI is InChI=1S/C27H32N6O6S/c1-32-10-12-33(13-11-32)25(36)16-21-18-40-27(30-21)31-26(37)29-20-4-8-23(9-5-20)39-15-14-38-17-24(35)28-19-2-6-22(34)7-3-19/h2-9,18,34H,10-17H2,1H3,(H,28,35)(H2,29,30,31,37). The number of nitrogens with zero attached hydrogens (tertiary/aromatic N) is 3. The van der Waals surface area contributed by atoms with E-state index in [9.17, 15) is 19.5 Å². The summed E-state index contributed by atoms with van der Waals surface area (Å²) < 4.78 is 10.9. The molecule has 13 heteroatoms. The number of nitrogens with one attached hydrogen (secondary N) is 3. The highest BCUT2D eigenvalue weighted by Crippen LogP contribution is 2.19. The van der Waals surface area contributed by atoms with E-state index in [1.165, 1.54) is 23.5 Å². The molecule has 1 fully saturated rings. The van der Waals surface area contributed by atoms with E-state index < -0.39 is 6.03 Å². The second-order valence-corrected chi connectivity index (χ2v) is 9.96. The lowest BCUT2D eigenvalue weighted by Gasteiger charge is -2.32. The fourth-order valence-electron chi connectivity index (χ4n) is 3.79. The van der Waals surface area contributed by atoms with Crippen molar-refractivity contribution < 1.29 is 29.0 Å². The number of thiazole rings is 1. The number of benzene rings is 2. The molecule has 4 amide bonds. The molecule has 3 aromatic rings. The smallest absolute Gasteiger partial charge is 0.325 e. The molecule has 0 aliphatic carbocycles. The zero-order valence-corrected chi connectivity index (χ0v) is 22.9. The van der Waals surface area contributed by atoms with Gasteiger partial charge in [0.25, 0.3) is 0 Å². The number of hydrogen-bond acceptors (Lipinski definition) is 9. The molecule has 1 aliphatic rings. The van der Waals surface area contributed by atoms with Crippen LogP contribution in [0.25, 0.3) is 0 Å². The molecule has 40 heavy (non-hydrogen) atoms. The molecule has 1 aliphatic heterocycles. The van der Waals surface area contributed by atoms with Gasteiger partial charge in [0.05, 0.1) is 18.7 Å². The van der Waals surface area contributed by atoms with Crippen LogP contribution in [0, 0.1) is 0 Å². The van der Waals surface area contributed by atoms with Gasteiger partial charge in [-0.25, -0.2) is 9.78 Å². The summed E-state index contributed by atoms with van der Waals surface area (Å²) in [4.78, 5) is 45.2. The second-order valence-electron chi connectivity index (χ2n) is 9.10. The van der Waals surface area contributed by atoms with Gasteiger partial charge in [-0.3, -0.25) is 14.9 Å². The quantitative estimate of drug-likeness (QED) is 0.204. The minimum atomic E-state index is -0.445. The summed E-state index contributed by atoms with van der Waals surface area (Å²) in [5, 5.41) is 19.5. The number of urea groups is 1. The molecule has 212 valence electrons. The second kappa shape index (κ2) is 14.3. The number of likely N-dealkylation sites (N-methyl/N-ethyl adjacent to an activating group) is 1. The van der Waals surface area contributed by atoms with Gasteiger partial charge in [0, 0.05) is 42.9 Å². The van der Waals surface area contributed by atoms with E-state index >= 15 is 0 Å². The lowest BCUT2D eigenvalue weighted by Crippen LogP contribution is -2.47. The number of amides is 4. The SMILES string of the molecule is CN1CCN(C(=O)Cc2csc(NC(=O)Nc3ccc(OCCOCC(=O)Nc4ccc(O)cc4)cc3)n2)CC1. The molecule has 0 atom stereocenters. The van der Waals surface area contributed by atoms with Crippen molar-refractivity contribution in [2.75, 3.05) is 69.0 Å². The van der Waals surface area contributed by atoms with Crippen molar-refractivity contribution in [1.82, 2.24) is 14.8 Å². The first-order valence-corrected chi connectivity index (χ1v) is 13.6. The minimum absolute atomic E-state index is 0.0411. The lowest BCUT2D eigenvalue weighted by molar-refractivity contribution is -0.132. The average Bonchev–Trinajstić information content (AvgIpc) is 3.37. The lowest BCUT2D eigenvalue weighted by atomic mass is 10.2. The van der Waals surface area contributed by atoms with E-state index in [2.05, 4.69) is 25.8 Å². The highest BCUT2D eigenvalue weighted by Gasteiger charge is 2.20. The third kappa shape index (κ3) is 9.22. The normalized spacial score (nSPS) is 13.5. The molecular formula is C27H32N6O6S. The predicted octanol–water partition coefficient (Wildman–Crippen LogP) is 2.84. The molecular weight excluding hydrogens is 536 g/mol. The Morgan fingerprint density at radius 3 is 2.33 bits per heavy atom. The molecule has 1 aromatic heterocycles. The molecule has 0 radical (unpaired) electrons. The molecule has 0 bridgehead atoms. The summed E-state index contributed by atoms with van der Waals surface area (Å²) in [5.41, 5.74) is 1.76. The Morgan fingerprint density at radius 1 is 0.925 bits per heavy atom. The summed E-state index contributed by atoms with van der Waals surface area (Å²) in [7, 11) is 2.04. The Labute approximate surface area is 235 Å². The summed E-state index contributed by atoms with van der Waals surface area (Å²) in [6.45, 7) is 3.47. The Balaban J connectivity index is 1.11. The van der Waals surface area contributed by atoms with E-state index in [4.69, 9.17) is 9.47 Å². The Bertz CT molecular complexity index is 1280. The molecule has 2 heterocycles. The Morgan fingerprint density at radius 2 is 1.60 bits per heavy atom. The number of phenolic OH excluding ortho intramolecular Hbond substituents is 1. The molecule has 4 rings (SSSR count). The molecule has 12 nitrogen and oxygen atoms in total. The van der Waals surface area contributed by atoms with E-state index in [1.54, 1.807) is 41.8 Å².